The van der Waals surface area contributed by atoms with E-state index in [0.29, 0.717) is 30.2 Å². The number of piperidine rings is 1. The molecule has 5 heteroatoms. The van der Waals surface area contributed by atoms with E-state index >= 15 is 0 Å². The smallest absolute Gasteiger partial charge is 0.251 e. The Morgan fingerprint density at radius 3 is 2.57 bits per heavy atom. The van der Waals surface area contributed by atoms with Crippen molar-refractivity contribution < 1.29 is 4.79 Å². The summed E-state index contributed by atoms with van der Waals surface area (Å²) in [6.45, 7) is 6.22. The maximum atomic E-state index is 12.6. The number of fused-ring (bicyclic) bond motifs is 1. The number of amides is 1. The molecule has 2 atom stereocenters. The zero-order valence-corrected chi connectivity index (χ0v) is 17.4. The molecule has 5 nitrogen and oxygen atoms in total. The third kappa shape index (κ3) is 4.09. The van der Waals surface area contributed by atoms with E-state index in [4.69, 9.17) is 0 Å². The molecule has 2 aliphatic rings. The fourth-order valence-electron chi connectivity index (χ4n) is 5.14. The Morgan fingerprint density at radius 2 is 1.82 bits per heavy atom. The Labute approximate surface area is 168 Å². The van der Waals surface area contributed by atoms with Gasteiger partial charge in [-0.15, -0.1) is 0 Å². The van der Waals surface area contributed by atoms with Gasteiger partial charge in [0.05, 0.1) is 17.4 Å². The van der Waals surface area contributed by atoms with Gasteiger partial charge in [-0.1, -0.05) is 25.7 Å². The van der Waals surface area contributed by atoms with Crippen molar-refractivity contribution in [1.82, 2.24) is 19.8 Å². The minimum absolute atomic E-state index is 0.00596. The van der Waals surface area contributed by atoms with Crippen molar-refractivity contribution in [1.29, 1.82) is 0 Å². The molecule has 1 amide bonds. The number of nitrogens with one attached hydrogen (secondary N) is 1. The average Bonchev–Trinajstić information content (AvgIpc) is 3.14. The number of carbonyl (C=O) groups excluding carboxylic acids is 1. The highest BCUT2D eigenvalue weighted by Gasteiger charge is 2.24. The number of aromatic nitrogens is 2. The van der Waals surface area contributed by atoms with Crippen LogP contribution in [0.25, 0.3) is 11.0 Å². The maximum Gasteiger partial charge on any atom is 0.251 e. The van der Waals surface area contributed by atoms with Crippen molar-refractivity contribution in [2.24, 2.45) is 0 Å². The van der Waals surface area contributed by atoms with Gasteiger partial charge in [-0.25, -0.2) is 4.98 Å². The normalized spacial score (nSPS) is 24.5. The van der Waals surface area contributed by atoms with Crippen LogP contribution in [0.3, 0.4) is 0 Å². The van der Waals surface area contributed by atoms with Gasteiger partial charge < -0.3 is 9.88 Å². The summed E-state index contributed by atoms with van der Waals surface area (Å²) in [5.41, 5.74) is 2.79. The van der Waals surface area contributed by atoms with Crippen molar-refractivity contribution in [2.45, 2.75) is 83.3 Å². The van der Waals surface area contributed by atoms with E-state index in [-0.39, 0.29) is 5.91 Å². The SMILES string of the molecule is C[C@H]1CCC[C@H](C)N1CCNC(=O)c1ccc2c(c1)ncn2C1CCCCC1. The van der Waals surface area contributed by atoms with Gasteiger partial charge in [0.25, 0.3) is 5.91 Å². The summed E-state index contributed by atoms with van der Waals surface area (Å²) >= 11 is 0. The molecule has 1 N–H and O–H groups in total. The zero-order chi connectivity index (χ0) is 19.5. The van der Waals surface area contributed by atoms with Crippen molar-refractivity contribution in [2.75, 3.05) is 13.1 Å². The van der Waals surface area contributed by atoms with Crippen LogP contribution in [-0.4, -0.2) is 45.5 Å². The molecule has 2 aromatic rings. The Bertz CT molecular complexity index is 798. The van der Waals surface area contributed by atoms with Gasteiger partial charge in [-0.3, -0.25) is 9.69 Å². The highest BCUT2D eigenvalue weighted by molar-refractivity contribution is 5.97. The second-order valence-corrected chi connectivity index (χ2v) is 8.77. The monoisotopic (exact) mass is 382 g/mol. The highest BCUT2D eigenvalue weighted by atomic mass is 16.1. The Hall–Kier alpha value is -1.88. The van der Waals surface area contributed by atoms with E-state index in [0.717, 1.165) is 17.6 Å². The van der Waals surface area contributed by atoms with Crippen molar-refractivity contribution in [3.63, 3.8) is 0 Å². The summed E-state index contributed by atoms with van der Waals surface area (Å²) in [5.74, 6) is 0.00596. The molecule has 2 heterocycles. The standard InChI is InChI=1S/C23H34N4O/c1-17-7-6-8-18(2)26(17)14-13-24-23(28)19-11-12-22-21(15-19)25-16-27(22)20-9-4-3-5-10-20/h11-12,15-18,20H,3-10,13-14H2,1-2H3,(H,24,28)/t17-,18-/m0/s1. The highest BCUT2D eigenvalue weighted by Crippen LogP contribution is 2.31. The lowest BCUT2D eigenvalue weighted by Crippen LogP contribution is -2.47. The molecular weight excluding hydrogens is 348 g/mol. The molecule has 1 saturated heterocycles. The van der Waals surface area contributed by atoms with Crippen LogP contribution in [0, 0.1) is 0 Å². The van der Waals surface area contributed by atoms with Crippen molar-refractivity contribution in [3.05, 3.63) is 30.1 Å². The van der Waals surface area contributed by atoms with E-state index in [2.05, 4.69) is 39.7 Å². The van der Waals surface area contributed by atoms with Crippen LogP contribution in [-0.2, 0) is 0 Å². The molecule has 1 aliphatic heterocycles. The number of hydrogen-bond donors (Lipinski definition) is 1. The molecule has 0 spiro atoms. The van der Waals surface area contributed by atoms with Gasteiger partial charge in [0.15, 0.2) is 0 Å². The first-order valence-electron chi connectivity index (χ1n) is 11.1. The van der Waals surface area contributed by atoms with Gasteiger partial charge in [0.2, 0.25) is 0 Å². The first-order chi connectivity index (χ1) is 13.6. The summed E-state index contributed by atoms with van der Waals surface area (Å²) in [5, 5.41) is 3.11. The summed E-state index contributed by atoms with van der Waals surface area (Å²) in [4.78, 5) is 19.7. The summed E-state index contributed by atoms with van der Waals surface area (Å²) in [6.07, 6.45) is 12.2. The van der Waals surface area contributed by atoms with E-state index < -0.39 is 0 Å². The molecule has 0 unspecified atom stereocenters. The van der Waals surface area contributed by atoms with E-state index in [1.807, 2.05) is 18.5 Å². The minimum Gasteiger partial charge on any atom is -0.351 e. The Kier molecular flexibility index (Phi) is 6.00. The molecule has 4 rings (SSSR count). The molecule has 0 bridgehead atoms. The molecular formula is C23H34N4O. The summed E-state index contributed by atoms with van der Waals surface area (Å²) < 4.78 is 2.31. The van der Waals surface area contributed by atoms with Crippen LogP contribution in [0.15, 0.2) is 24.5 Å². The third-order valence-electron chi connectivity index (χ3n) is 6.84. The number of hydrogen-bond acceptors (Lipinski definition) is 3. The molecule has 1 aromatic heterocycles. The summed E-state index contributed by atoms with van der Waals surface area (Å²) in [6, 6.07) is 7.75. The topological polar surface area (TPSA) is 50.2 Å². The van der Waals surface area contributed by atoms with Gasteiger partial charge in [-0.2, -0.15) is 0 Å². The second-order valence-electron chi connectivity index (χ2n) is 8.77. The third-order valence-corrected chi connectivity index (χ3v) is 6.84. The molecule has 2 fully saturated rings. The Morgan fingerprint density at radius 1 is 1.07 bits per heavy atom. The molecule has 152 valence electrons. The number of likely N-dealkylation sites (tertiary alicyclic amines) is 1. The Balaban J connectivity index is 1.37. The number of rotatable bonds is 5. The molecule has 0 radical (unpaired) electrons. The average molecular weight is 383 g/mol. The molecule has 1 aromatic carbocycles. The number of benzene rings is 1. The lowest BCUT2D eigenvalue weighted by Gasteiger charge is -2.39. The predicted octanol–water partition coefficient (Wildman–Crippen LogP) is 4.53. The van der Waals surface area contributed by atoms with Crippen molar-refractivity contribution in [3.8, 4) is 0 Å². The van der Waals surface area contributed by atoms with Gasteiger partial charge in [0.1, 0.15) is 0 Å². The lowest BCUT2D eigenvalue weighted by molar-refractivity contribution is 0.0889. The van der Waals surface area contributed by atoms with Gasteiger partial charge in [0, 0.05) is 36.8 Å². The van der Waals surface area contributed by atoms with E-state index in [1.165, 1.54) is 51.4 Å². The first-order valence-corrected chi connectivity index (χ1v) is 11.1. The molecule has 1 saturated carbocycles. The lowest BCUT2D eigenvalue weighted by atomic mass is 9.95. The van der Waals surface area contributed by atoms with Crippen LogP contribution < -0.4 is 5.32 Å². The molecule has 1 aliphatic carbocycles. The predicted molar refractivity (Wildman–Crippen MR) is 114 cm³/mol. The first kappa shape index (κ1) is 19.4. The minimum atomic E-state index is 0.00596. The number of carbonyl (C=O) groups is 1. The van der Waals surface area contributed by atoms with Gasteiger partial charge in [-0.05, 0) is 57.7 Å². The van der Waals surface area contributed by atoms with Crippen LogP contribution in [0.2, 0.25) is 0 Å². The largest absolute Gasteiger partial charge is 0.351 e. The van der Waals surface area contributed by atoms with Crippen molar-refractivity contribution >= 4 is 16.9 Å². The maximum absolute atomic E-state index is 12.6. The zero-order valence-electron chi connectivity index (χ0n) is 17.4. The number of imidazole rings is 1. The van der Waals surface area contributed by atoms with E-state index in [1.54, 1.807) is 0 Å². The number of nitrogens with zero attached hydrogens (tertiary/aromatic N) is 3. The fraction of sp³-hybridized carbons (Fsp3) is 0.652. The van der Waals surface area contributed by atoms with Crippen LogP contribution in [0.4, 0.5) is 0 Å². The fourth-order valence-corrected chi connectivity index (χ4v) is 5.14. The van der Waals surface area contributed by atoms with E-state index in [9.17, 15) is 4.79 Å². The van der Waals surface area contributed by atoms with Crippen LogP contribution in [0.5, 0.6) is 0 Å². The quantitative estimate of drug-likeness (QED) is 0.826. The molecule has 28 heavy (non-hydrogen) atoms. The van der Waals surface area contributed by atoms with Crippen LogP contribution >= 0.6 is 0 Å². The van der Waals surface area contributed by atoms with Crippen LogP contribution in [0.1, 0.15) is 81.6 Å². The summed E-state index contributed by atoms with van der Waals surface area (Å²) in [7, 11) is 0. The second kappa shape index (κ2) is 8.64. The van der Waals surface area contributed by atoms with Gasteiger partial charge >= 0.3 is 0 Å².